The zero-order valence-electron chi connectivity index (χ0n) is 7.16. The van der Waals surface area contributed by atoms with Crippen LogP contribution in [0.15, 0.2) is 18.3 Å². The molecule has 2 rings (SSSR count). The molecule has 0 aliphatic carbocycles. The summed E-state index contributed by atoms with van der Waals surface area (Å²) >= 11 is 5.93. The Morgan fingerprint density at radius 3 is 3.15 bits per heavy atom. The molecule has 4 nitrogen and oxygen atoms in total. The van der Waals surface area contributed by atoms with Gasteiger partial charge in [0, 0.05) is 6.20 Å². The first-order valence-corrected chi connectivity index (χ1v) is 4.33. The Balaban J connectivity index is 2.61. The van der Waals surface area contributed by atoms with Crippen molar-refractivity contribution in [1.29, 1.82) is 0 Å². The molecule has 2 heterocycles. The van der Waals surface area contributed by atoms with Crippen LogP contribution in [0.4, 0.5) is 0 Å². The van der Waals surface area contributed by atoms with Crippen molar-refractivity contribution >= 4 is 17.2 Å². The van der Waals surface area contributed by atoms with Crippen LogP contribution in [0.2, 0.25) is 5.02 Å². The van der Waals surface area contributed by atoms with Gasteiger partial charge in [-0.3, -0.25) is 4.40 Å². The molecule has 0 aliphatic heterocycles. The lowest BCUT2D eigenvalue weighted by Gasteiger charge is -1.98. The molecule has 0 atom stereocenters. The van der Waals surface area contributed by atoms with E-state index in [2.05, 4.69) is 15.5 Å². The number of pyridine rings is 1. The van der Waals surface area contributed by atoms with Gasteiger partial charge in [-0.05, 0) is 19.2 Å². The molecular formula is C8H9ClN4. The van der Waals surface area contributed by atoms with E-state index in [-0.39, 0.29) is 0 Å². The second-order valence-corrected chi connectivity index (χ2v) is 3.10. The standard InChI is InChI=1S/C8H9ClN4/c1-10-5-7-11-12-8-6(9)3-2-4-13(7)8/h2-4,10H,5H2,1H3. The molecule has 5 heteroatoms. The van der Waals surface area contributed by atoms with Gasteiger partial charge in [0.05, 0.1) is 11.6 Å². The number of fused-ring (bicyclic) bond motifs is 1. The summed E-state index contributed by atoms with van der Waals surface area (Å²) in [6.45, 7) is 0.682. The third-order valence-corrected chi connectivity index (χ3v) is 2.09. The van der Waals surface area contributed by atoms with Gasteiger partial charge in [0.15, 0.2) is 11.5 Å². The number of nitrogens with one attached hydrogen (secondary N) is 1. The molecule has 2 aromatic rings. The zero-order chi connectivity index (χ0) is 9.26. The van der Waals surface area contributed by atoms with E-state index in [1.54, 1.807) is 6.07 Å². The van der Waals surface area contributed by atoms with Gasteiger partial charge >= 0.3 is 0 Å². The highest BCUT2D eigenvalue weighted by atomic mass is 35.5. The Kier molecular flexibility index (Phi) is 2.16. The molecule has 0 saturated carbocycles. The molecule has 0 radical (unpaired) electrons. The first-order valence-electron chi connectivity index (χ1n) is 3.95. The summed E-state index contributed by atoms with van der Waals surface area (Å²) in [6, 6.07) is 3.67. The van der Waals surface area contributed by atoms with Gasteiger partial charge in [-0.15, -0.1) is 10.2 Å². The lowest BCUT2D eigenvalue weighted by molar-refractivity contribution is 0.747. The lowest BCUT2D eigenvalue weighted by Crippen LogP contribution is -2.08. The van der Waals surface area contributed by atoms with Crippen molar-refractivity contribution in [3.05, 3.63) is 29.2 Å². The molecule has 0 spiro atoms. The summed E-state index contributed by atoms with van der Waals surface area (Å²) in [5.74, 6) is 0.861. The predicted octanol–water partition coefficient (Wildman–Crippen LogP) is 1.10. The molecule has 1 N–H and O–H groups in total. The van der Waals surface area contributed by atoms with Gasteiger partial charge in [-0.25, -0.2) is 0 Å². The van der Waals surface area contributed by atoms with Crippen LogP contribution in [-0.2, 0) is 6.54 Å². The minimum atomic E-state index is 0.623. The van der Waals surface area contributed by atoms with Crippen molar-refractivity contribution in [2.45, 2.75) is 6.54 Å². The van der Waals surface area contributed by atoms with E-state index in [1.165, 1.54) is 0 Å². The maximum absolute atomic E-state index is 5.93. The Morgan fingerprint density at radius 2 is 2.38 bits per heavy atom. The molecular weight excluding hydrogens is 188 g/mol. The normalized spacial score (nSPS) is 10.9. The van der Waals surface area contributed by atoms with Gasteiger partial charge in [-0.1, -0.05) is 11.6 Å². The van der Waals surface area contributed by atoms with Gasteiger partial charge in [-0.2, -0.15) is 0 Å². The number of hydrogen-bond donors (Lipinski definition) is 1. The maximum atomic E-state index is 5.93. The predicted molar refractivity (Wildman–Crippen MR) is 50.8 cm³/mol. The minimum Gasteiger partial charge on any atom is -0.313 e. The fourth-order valence-corrected chi connectivity index (χ4v) is 1.41. The molecule has 0 amide bonds. The monoisotopic (exact) mass is 196 g/mol. The van der Waals surface area contributed by atoms with Crippen molar-refractivity contribution in [2.24, 2.45) is 0 Å². The molecule has 13 heavy (non-hydrogen) atoms. The summed E-state index contributed by atoms with van der Waals surface area (Å²) in [6.07, 6.45) is 1.90. The van der Waals surface area contributed by atoms with Crippen LogP contribution >= 0.6 is 11.6 Å². The number of hydrogen-bond acceptors (Lipinski definition) is 3. The Labute approximate surface area is 80.5 Å². The number of nitrogens with zero attached hydrogens (tertiary/aromatic N) is 3. The van der Waals surface area contributed by atoms with Crippen molar-refractivity contribution in [2.75, 3.05) is 7.05 Å². The maximum Gasteiger partial charge on any atom is 0.179 e. The van der Waals surface area contributed by atoms with E-state index in [0.717, 1.165) is 5.82 Å². The van der Waals surface area contributed by atoms with Gasteiger partial charge < -0.3 is 5.32 Å². The fourth-order valence-electron chi connectivity index (χ4n) is 1.21. The first kappa shape index (κ1) is 8.47. The quantitative estimate of drug-likeness (QED) is 0.782. The van der Waals surface area contributed by atoms with Crippen molar-refractivity contribution < 1.29 is 0 Å². The van der Waals surface area contributed by atoms with E-state index in [4.69, 9.17) is 11.6 Å². The third kappa shape index (κ3) is 1.38. The van der Waals surface area contributed by atoms with Crippen LogP contribution in [-0.4, -0.2) is 21.6 Å². The molecule has 0 aliphatic rings. The minimum absolute atomic E-state index is 0.623. The Hall–Kier alpha value is -1.13. The summed E-state index contributed by atoms with van der Waals surface area (Å²) in [4.78, 5) is 0. The van der Waals surface area contributed by atoms with Crippen LogP contribution in [0.25, 0.3) is 5.65 Å². The van der Waals surface area contributed by atoms with Gasteiger partial charge in [0.2, 0.25) is 0 Å². The summed E-state index contributed by atoms with van der Waals surface area (Å²) in [5.41, 5.74) is 0.703. The van der Waals surface area contributed by atoms with E-state index in [0.29, 0.717) is 17.2 Å². The lowest BCUT2D eigenvalue weighted by atomic mass is 10.4. The van der Waals surface area contributed by atoms with Crippen LogP contribution < -0.4 is 5.32 Å². The molecule has 68 valence electrons. The number of halogens is 1. The first-order chi connectivity index (χ1) is 6.33. The summed E-state index contributed by atoms with van der Waals surface area (Å²) in [7, 11) is 1.87. The van der Waals surface area contributed by atoms with Crippen LogP contribution in [0.1, 0.15) is 5.82 Å². The van der Waals surface area contributed by atoms with Crippen molar-refractivity contribution in [3.63, 3.8) is 0 Å². The average molecular weight is 197 g/mol. The Bertz CT molecular complexity index is 423. The fraction of sp³-hybridized carbons (Fsp3) is 0.250. The topological polar surface area (TPSA) is 42.2 Å². The third-order valence-electron chi connectivity index (χ3n) is 1.79. The molecule has 0 aromatic carbocycles. The second kappa shape index (κ2) is 3.32. The zero-order valence-corrected chi connectivity index (χ0v) is 7.91. The van der Waals surface area contributed by atoms with E-state index in [1.807, 2.05) is 23.7 Å². The van der Waals surface area contributed by atoms with Crippen LogP contribution in [0.3, 0.4) is 0 Å². The highest BCUT2D eigenvalue weighted by Gasteiger charge is 2.05. The molecule has 2 aromatic heterocycles. The Morgan fingerprint density at radius 1 is 1.54 bits per heavy atom. The average Bonchev–Trinajstić information content (AvgIpc) is 2.51. The van der Waals surface area contributed by atoms with Crippen molar-refractivity contribution in [1.82, 2.24) is 19.9 Å². The molecule has 0 bridgehead atoms. The van der Waals surface area contributed by atoms with E-state index >= 15 is 0 Å². The van der Waals surface area contributed by atoms with E-state index in [9.17, 15) is 0 Å². The summed E-state index contributed by atoms with van der Waals surface area (Å²) < 4.78 is 1.87. The van der Waals surface area contributed by atoms with Gasteiger partial charge in [0.1, 0.15) is 0 Å². The smallest absolute Gasteiger partial charge is 0.179 e. The summed E-state index contributed by atoms with van der Waals surface area (Å²) in [5, 5.41) is 11.6. The molecule has 0 saturated heterocycles. The van der Waals surface area contributed by atoms with Crippen molar-refractivity contribution in [3.8, 4) is 0 Å². The SMILES string of the molecule is CNCc1nnc2c(Cl)cccn12. The number of aromatic nitrogens is 3. The highest BCUT2D eigenvalue weighted by Crippen LogP contribution is 2.14. The van der Waals surface area contributed by atoms with E-state index < -0.39 is 0 Å². The molecule has 0 fully saturated rings. The molecule has 0 unspecified atom stereocenters. The second-order valence-electron chi connectivity index (χ2n) is 2.70. The van der Waals surface area contributed by atoms with Crippen LogP contribution in [0.5, 0.6) is 0 Å². The van der Waals surface area contributed by atoms with Gasteiger partial charge in [0.25, 0.3) is 0 Å². The van der Waals surface area contributed by atoms with Crippen LogP contribution in [0, 0.1) is 0 Å². The largest absolute Gasteiger partial charge is 0.313 e. The highest BCUT2D eigenvalue weighted by molar-refractivity contribution is 6.33. The number of rotatable bonds is 2.